The van der Waals surface area contributed by atoms with Gasteiger partial charge in [-0.1, -0.05) is 0 Å². The van der Waals surface area contributed by atoms with Crippen LogP contribution in [0.1, 0.15) is 12.0 Å². The van der Waals surface area contributed by atoms with Crippen LogP contribution in [0, 0.1) is 0 Å². The number of aryl methyl sites for hydroxylation is 1. The SMILES string of the molecule is CN1CC(=O)NC1c1nccn1C. The summed E-state index contributed by atoms with van der Waals surface area (Å²) in [5.41, 5.74) is 0. The van der Waals surface area contributed by atoms with Crippen LogP contribution in [0.2, 0.25) is 0 Å². The predicted octanol–water partition coefficient (Wildman–Crippen LogP) is -0.520. The van der Waals surface area contributed by atoms with Crippen LogP contribution in [0.3, 0.4) is 0 Å². The van der Waals surface area contributed by atoms with Crippen molar-refractivity contribution in [3.05, 3.63) is 18.2 Å². The highest BCUT2D eigenvalue weighted by Gasteiger charge is 2.30. The summed E-state index contributed by atoms with van der Waals surface area (Å²) in [7, 11) is 3.82. The van der Waals surface area contributed by atoms with Gasteiger partial charge >= 0.3 is 0 Å². The Morgan fingerprint density at radius 1 is 1.62 bits per heavy atom. The Morgan fingerprint density at radius 3 is 2.85 bits per heavy atom. The van der Waals surface area contributed by atoms with Gasteiger partial charge in [-0.05, 0) is 7.05 Å². The first-order valence-corrected chi connectivity index (χ1v) is 4.15. The Labute approximate surface area is 76.4 Å². The number of rotatable bonds is 1. The number of likely N-dealkylation sites (N-methyl/N-ethyl adjacent to an activating group) is 1. The third-order valence-corrected chi connectivity index (χ3v) is 2.23. The molecule has 1 aliphatic heterocycles. The van der Waals surface area contributed by atoms with Crippen molar-refractivity contribution in [2.24, 2.45) is 7.05 Å². The summed E-state index contributed by atoms with van der Waals surface area (Å²) in [5, 5.41) is 2.85. The van der Waals surface area contributed by atoms with E-state index < -0.39 is 0 Å². The summed E-state index contributed by atoms with van der Waals surface area (Å²) in [6.45, 7) is 0.442. The molecule has 0 spiro atoms. The Hall–Kier alpha value is -1.36. The van der Waals surface area contributed by atoms with Crippen molar-refractivity contribution < 1.29 is 4.79 Å². The largest absolute Gasteiger partial charge is 0.335 e. The number of carbonyl (C=O) groups is 1. The van der Waals surface area contributed by atoms with Crippen LogP contribution >= 0.6 is 0 Å². The highest BCUT2D eigenvalue weighted by atomic mass is 16.2. The van der Waals surface area contributed by atoms with Gasteiger partial charge in [0.1, 0.15) is 12.0 Å². The van der Waals surface area contributed by atoms with Gasteiger partial charge in [-0.25, -0.2) is 4.98 Å². The molecule has 1 fully saturated rings. The van der Waals surface area contributed by atoms with Crippen molar-refractivity contribution in [1.82, 2.24) is 19.8 Å². The lowest BCUT2D eigenvalue weighted by atomic mass is 10.4. The summed E-state index contributed by atoms with van der Waals surface area (Å²) in [6, 6.07) is 0. The Kier molecular flexibility index (Phi) is 1.81. The number of imidazole rings is 1. The number of nitrogens with one attached hydrogen (secondary N) is 1. The van der Waals surface area contributed by atoms with Crippen LogP contribution in [-0.2, 0) is 11.8 Å². The second-order valence-electron chi connectivity index (χ2n) is 3.28. The lowest BCUT2D eigenvalue weighted by Gasteiger charge is -2.17. The van der Waals surface area contributed by atoms with Gasteiger partial charge < -0.3 is 9.88 Å². The van der Waals surface area contributed by atoms with E-state index in [1.807, 2.05) is 29.8 Å². The standard InChI is InChI=1S/C8H12N4O/c1-11-4-3-9-7(11)8-10-6(13)5-12(8)2/h3-4,8H,5H2,1-2H3,(H,10,13). The zero-order chi connectivity index (χ0) is 9.42. The molecule has 0 saturated carbocycles. The monoisotopic (exact) mass is 180 g/mol. The molecular formula is C8H12N4O. The number of aromatic nitrogens is 2. The van der Waals surface area contributed by atoms with E-state index in [0.717, 1.165) is 5.82 Å². The molecule has 1 amide bonds. The average molecular weight is 180 g/mol. The fraction of sp³-hybridized carbons (Fsp3) is 0.500. The number of amides is 1. The van der Waals surface area contributed by atoms with E-state index in [-0.39, 0.29) is 12.1 Å². The maximum atomic E-state index is 11.1. The van der Waals surface area contributed by atoms with E-state index in [9.17, 15) is 4.79 Å². The van der Waals surface area contributed by atoms with Crippen LogP contribution in [0.25, 0.3) is 0 Å². The Bertz CT molecular complexity index is 333. The van der Waals surface area contributed by atoms with Gasteiger partial charge in [-0.2, -0.15) is 0 Å². The molecular weight excluding hydrogens is 168 g/mol. The quantitative estimate of drug-likeness (QED) is 0.632. The molecule has 1 aromatic rings. The first-order chi connectivity index (χ1) is 6.18. The van der Waals surface area contributed by atoms with E-state index in [2.05, 4.69) is 10.3 Å². The molecule has 1 unspecified atom stereocenters. The predicted molar refractivity (Wildman–Crippen MR) is 46.7 cm³/mol. The lowest BCUT2D eigenvalue weighted by molar-refractivity contribution is -0.118. The molecule has 1 saturated heterocycles. The molecule has 70 valence electrons. The maximum absolute atomic E-state index is 11.1. The molecule has 1 N–H and O–H groups in total. The minimum Gasteiger partial charge on any atom is -0.335 e. The Balaban J connectivity index is 2.27. The smallest absolute Gasteiger partial charge is 0.235 e. The molecule has 5 heteroatoms. The van der Waals surface area contributed by atoms with Crippen LogP contribution in [0.15, 0.2) is 12.4 Å². The zero-order valence-electron chi connectivity index (χ0n) is 7.69. The molecule has 13 heavy (non-hydrogen) atoms. The van der Waals surface area contributed by atoms with Crippen molar-refractivity contribution in [3.63, 3.8) is 0 Å². The zero-order valence-corrected chi connectivity index (χ0v) is 7.69. The fourth-order valence-electron chi connectivity index (χ4n) is 1.53. The first-order valence-electron chi connectivity index (χ1n) is 4.15. The molecule has 2 heterocycles. The maximum Gasteiger partial charge on any atom is 0.235 e. The van der Waals surface area contributed by atoms with Crippen molar-refractivity contribution in [2.75, 3.05) is 13.6 Å². The van der Waals surface area contributed by atoms with E-state index in [1.165, 1.54) is 0 Å². The molecule has 1 atom stereocenters. The Morgan fingerprint density at radius 2 is 2.38 bits per heavy atom. The molecule has 0 aliphatic carbocycles. The second kappa shape index (κ2) is 2.85. The van der Waals surface area contributed by atoms with Crippen molar-refractivity contribution in [3.8, 4) is 0 Å². The van der Waals surface area contributed by atoms with Crippen molar-refractivity contribution in [1.29, 1.82) is 0 Å². The summed E-state index contributed by atoms with van der Waals surface area (Å²) >= 11 is 0. The summed E-state index contributed by atoms with van der Waals surface area (Å²) in [5.74, 6) is 0.920. The topological polar surface area (TPSA) is 50.2 Å². The number of hydrogen-bond donors (Lipinski definition) is 1. The van der Waals surface area contributed by atoms with Crippen molar-refractivity contribution in [2.45, 2.75) is 6.17 Å². The van der Waals surface area contributed by atoms with E-state index in [4.69, 9.17) is 0 Å². The average Bonchev–Trinajstić information content (AvgIpc) is 2.58. The number of nitrogens with zero attached hydrogens (tertiary/aromatic N) is 3. The normalized spacial score (nSPS) is 23.5. The molecule has 0 bridgehead atoms. The molecule has 0 aromatic carbocycles. The third-order valence-electron chi connectivity index (χ3n) is 2.23. The number of carbonyl (C=O) groups excluding carboxylic acids is 1. The fourth-order valence-corrected chi connectivity index (χ4v) is 1.53. The molecule has 5 nitrogen and oxygen atoms in total. The van der Waals surface area contributed by atoms with Crippen LogP contribution in [-0.4, -0.2) is 34.0 Å². The highest BCUT2D eigenvalue weighted by molar-refractivity contribution is 5.80. The summed E-state index contributed by atoms with van der Waals surface area (Å²) in [4.78, 5) is 17.2. The van der Waals surface area contributed by atoms with E-state index in [0.29, 0.717) is 6.54 Å². The van der Waals surface area contributed by atoms with E-state index >= 15 is 0 Å². The lowest BCUT2D eigenvalue weighted by Crippen LogP contribution is -2.27. The third kappa shape index (κ3) is 1.31. The van der Waals surface area contributed by atoms with Crippen LogP contribution < -0.4 is 5.32 Å². The highest BCUT2D eigenvalue weighted by Crippen LogP contribution is 2.17. The summed E-state index contributed by atoms with van der Waals surface area (Å²) < 4.78 is 1.91. The molecule has 2 rings (SSSR count). The van der Waals surface area contributed by atoms with Crippen LogP contribution in [0.4, 0.5) is 0 Å². The van der Waals surface area contributed by atoms with Gasteiger partial charge in [-0.15, -0.1) is 0 Å². The van der Waals surface area contributed by atoms with Gasteiger partial charge in [0.05, 0.1) is 6.54 Å². The minimum atomic E-state index is -0.0764. The number of hydrogen-bond acceptors (Lipinski definition) is 3. The van der Waals surface area contributed by atoms with Gasteiger partial charge in [0, 0.05) is 19.4 Å². The minimum absolute atomic E-state index is 0.0514. The first kappa shape index (κ1) is 8.25. The van der Waals surface area contributed by atoms with Gasteiger partial charge in [0.15, 0.2) is 0 Å². The second-order valence-corrected chi connectivity index (χ2v) is 3.28. The van der Waals surface area contributed by atoms with Gasteiger partial charge in [-0.3, -0.25) is 9.69 Å². The van der Waals surface area contributed by atoms with Crippen LogP contribution in [0.5, 0.6) is 0 Å². The van der Waals surface area contributed by atoms with Gasteiger partial charge in [0.2, 0.25) is 5.91 Å². The van der Waals surface area contributed by atoms with E-state index in [1.54, 1.807) is 6.20 Å². The van der Waals surface area contributed by atoms with Gasteiger partial charge in [0.25, 0.3) is 0 Å². The van der Waals surface area contributed by atoms with Crippen molar-refractivity contribution >= 4 is 5.91 Å². The molecule has 1 aliphatic rings. The molecule has 0 radical (unpaired) electrons. The molecule has 1 aromatic heterocycles. The summed E-state index contributed by atoms with van der Waals surface area (Å²) in [6.07, 6.45) is 3.52.